The maximum Gasteiger partial charge on any atom is 0.226 e. The molecule has 1 saturated heterocycles. The predicted octanol–water partition coefficient (Wildman–Crippen LogP) is 2.77. The third-order valence-electron chi connectivity index (χ3n) is 3.64. The van der Waals surface area contributed by atoms with Crippen molar-refractivity contribution in [2.45, 2.75) is 19.3 Å². The van der Waals surface area contributed by atoms with E-state index in [-0.39, 0.29) is 5.91 Å². The Balaban J connectivity index is 1.83. The maximum absolute atomic E-state index is 12.2. The van der Waals surface area contributed by atoms with Crippen LogP contribution in [0.15, 0.2) is 24.3 Å². The lowest BCUT2D eigenvalue weighted by molar-refractivity contribution is -0.132. The van der Waals surface area contributed by atoms with Gasteiger partial charge in [-0.3, -0.25) is 4.79 Å². The molecule has 1 fully saturated rings. The normalized spacial score (nSPS) is 16.6. The van der Waals surface area contributed by atoms with Crippen molar-refractivity contribution in [3.8, 4) is 0 Å². The third kappa shape index (κ3) is 4.22. The van der Waals surface area contributed by atoms with Gasteiger partial charge in [0.2, 0.25) is 5.91 Å². The average molecular weight is 282 g/mol. The summed E-state index contributed by atoms with van der Waals surface area (Å²) in [5.41, 5.74) is 1.02. The summed E-state index contributed by atoms with van der Waals surface area (Å²) in [6.45, 7) is 2.50. The number of carbonyl (C=O) groups is 1. The van der Waals surface area contributed by atoms with Crippen LogP contribution in [0.5, 0.6) is 0 Å². The Kier molecular flexibility index (Phi) is 5.23. The first kappa shape index (κ1) is 14.4. The smallest absolute Gasteiger partial charge is 0.226 e. The first-order chi connectivity index (χ1) is 9.19. The van der Waals surface area contributed by atoms with E-state index < -0.39 is 0 Å². The van der Waals surface area contributed by atoms with Crippen LogP contribution in [-0.4, -0.2) is 37.6 Å². The fourth-order valence-corrected chi connectivity index (χ4v) is 2.60. The van der Waals surface area contributed by atoms with E-state index in [0.29, 0.717) is 17.4 Å². The number of ether oxygens (including phenoxy) is 1. The zero-order chi connectivity index (χ0) is 13.7. The molecule has 0 unspecified atom stereocenters. The minimum Gasteiger partial charge on any atom is -0.384 e. The lowest BCUT2D eigenvalue weighted by Gasteiger charge is -2.31. The number of hydrogen-bond acceptors (Lipinski definition) is 2. The van der Waals surface area contributed by atoms with Gasteiger partial charge in [-0.1, -0.05) is 23.7 Å². The van der Waals surface area contributed by atoms with Crippen molar-refractivity contribution >= 4 is 17.5 Å². The second-order valence-electron chi connectivity index (χ2n) is 5.08. The number of amides is 1. The second kappa shape index (κ2) is 6.92. The van der Waals surface area contributed by atoms with Crippen LogP contribution in [0.2, 0.25) is 5.02 Å². The van der Waals surface area contributed by atoms with Crippen molar-refractivity contribution in [3.05, 3.63) is 34.9 Å². The van der Waals surface area contributed by atoms with E-state index in [4.69, 9.17) is 16.3 Å². The molecule has 0 N–H and O–H groups in total. The van der Waals surface area contributed by atoms with Crippen molar-refractivity contribution < 1.29 is 9.53 Å². The Hall–Kier alpha value is -1.06. The Morgan fingerprint density at radius 3 is 2.53 bits per heavy atom. The molecular weight excluding hydrogens is 262 g/mol. The lowest BCUT2D eigenvalue weighted by atomic mass is 9.97. The average Bonchev–Trinajstić information content (AvgIpc) is 2.42. The topological polar surface area (TPSA) is 29.5 Å². The van der Waals surface area contributed by atoms with Crippen molar-refractivity contribution in [1.29, 1.82) is 0 Å². The molecule has 19 heavy (non-hydrogen) atoms. The molecule has 0 radical (unpaired) electrons. The minimum atomic E-state index is 0.207. The summed E-state index contributed by atoms with van der Waals surface area (Å²) < 4.78 is 5.17. The molecule has 0 bridgehead atoms. The first-order valence-electron chi connectivity index (χ1n) is 6.70. The number of likely N-dealkylation sites (tertiary alicyclic amines) is 1. The highest BCUT2D eigenvalue weighted by atomic mass is 35.5. The zero-order valence-corrected chi connectivity index (χ0v) is 12.0. The number of hydrogen-bond donors (Lipinski definition) is 0. The van der Waals surface area contributed by atoms with Crippen LogP contribution in [0, 0.1) is 5.92 Å². The van der Waals surface area contributed by atoms with E-state index in [1.807, 2.05) is 29.2 Å². The number of carbonyl (C=O) groups excluding carboxylic acids is 1. The largest absolute Gasteiger partial charge is 0.384 e. The molecule has 1 aliphatic heterocycles. The van der Waals surface area contributed by atoms with E-state index in [1.165, 1.54) is 0 Å². The van der Waals surface area contributed by atoms with Gasteiger partial charge in [0.15, 0.2) is 0 Å². The third-order valence-corrected chi connectivity index (χ3v) is 3.89. The molecule has 2 rings (SSSR count). The Morgan fingerprint density at radius 2 is 1.95 bits per heavy atom. The number of benzene rings is 1. The summed E-state index contributed by atoms with van der Waals surface area (Å²) in [6.07, 6.45) is 2.55. The molecule has 1 aromatic carbocycles. The van der Waals surface area contributed by atoms with E-state index in [0.717, 1.165) is 38.1 Å². The summed E-state index contributed by atoms with van der Waals surface area (Å²) in [4.78, 5) is 14.1. The van der Waals surface area contributed by atoms with Crippen LogP contribution in [0.3, 0.4) is 0 Å². The van der Waals surface area contributed by atoms with Crippen molar-refractivity contribution in [3.63, 3.8) is 0 Å². The molecule has 104 valence electrons. The van der Waals surface area contributed by atoms with Gasteiger partial charge in [-0.25, -0.2) is 0 Å². The van der Waals surface area contributed by atoms with Gasteiger partial charge in [0, 0.05) is 31.8 Å². The molecule has 1 aromatic rings. The number of methoxy groups -OCH3 is 1. The van der Waals surface area contributed by atoms with E-state index in [2.05, 4.69) is 0 Å². The van der Waals surface area contributed by atoms with E-state index in [9.17, 15) is 4.79 Å². The predicted molar refractivity (Wildman–Crippen MR) is 76.3 cm³/mol. The lowest BCUT2D eigenvalue weighted by Crippen LogP contribution is -2.40. The van der Waals surface area contributed by atoms with Crippen molar-refractivity contribution in [2.24, 2.45) is 5.92 Å². The van der Waals surface area contributed by atoms with Gasteiger partial charge in [0.1, 0.15) is 0 Å². The Labute approximate surface area is 119 Å². The standard InChI is InChI=1S/C15H20ClNO2/c1-19-11-13-6-8-17(9-7-13)15(18)10-12-2-4-14(16)5-3-12/h2-5,13H,6-11H2,1H3. The second-order valence-corrected chi connectivity index (χ2v) is 5.52. The SMILES string of the molecule is COCC1CCN(C(=O)Cc2ccc(Cl)cc2)CC1. The highest BCUT2D eigenvalue weighted by Crippen LogP contribution is 2.18. The number of halogens is 1. The fourth-order valence-electron chi connectivity index (χ4n) is 2.47. The van der Waals surface area contributed by atoms with Crippen LogP contribution in [-0.2, 0) is 16.0 Å². The van der Waals surface area contributed by atoms with Gasteiger partial charge in [-0.2, -0.15) is 0 Å². The number of rotatable bonds is 4. The molecule has 1 aliphatic rings. The number of nitrogens with zero attached hydrogens (tertiary/aromatic N) is 1. The van der Waals surface area contributed by atoms with Gasteiger partial charge in [0.05, 0.1) is 6.42 Å². The molecule has 0 spiro atoms. The number of piperidine rings is 1. The highest BCUT2D eigenvalue weighted by Gasteiger charge is 2.22. The quantitative estimate of drug-likeness (QED) is 0.849. The molecule has 0 saturated carbocycles. The van der Waals surface area contributed by atoms with Gasteiger partial charge >= 0.3 is 0 Å². The minimum absolute atomic E-state index is 0.207. The van der Waals surface area contributed by atoms with E-state index >= 15 is 0 Å². The van der Waals surface area contributed by atoms with Crippen molar-refractivity contribution in [1.82, 2.24) is 4.90 Å². The van der Waals surface area contributed by atoms with Crippen LogP contribution in [0.25, 0.3) is 0 Å². The van der Waals surface area contributed by atoms with Gasteiger partial charge in [0.25, 0.3) is 0 Å². The highest BCUT2D eigenvalue weighted by molar-refractivity contribution is 6.30. The van der Waals surface area contributed by atoms with Crippen LogP contribution < -0.4 is 0 Å². The molecule has 0 atom stereocenters. The summed E-state index contributed by atoms with van der Waals surface area (Å²) in [7, 11) is 1.73. The van der Waals surface area contributed by atoms with Gasteiger partial charge in [-0.15, -0.1) is 0 Å². The maximum atomic E-state index is 12.2. The van der Waals surface area contributed by atoms with Gasteiger partial charge < -0.3 is 9.64 Å². The van der Waals surface area contributed by atoms with Crippen LogP contribution >= 0.6 is 11.6 Å². The molecule has 1 amide bonds. The Bertz CT molecular complexity index is 411. The van der Waals surface area contributed by atoms with E-state index in [1.54, 1.807) is 7.11 Å². The summed E-state index contributed by atoms with van der Waals surface area (Å²) in [5.74, 6) is 0.808. The summed E-state index contributed by atoms with van der Waals surface area (Å²) >= 11 is 5.84. The molecule has 0 aliphatic carbocycles. The Morgan fingerprint density at radius 1 is 1.32 bits per heavy atom. The summed E-state index contributed by atoms with van der Waals surface area (Å²) in [6, 6.07) is 7.49. The summed E-state index contributed by atoms with van der Waals surface area (Å²) in [5, 5.41) is 0.705. The first-order valence-corrected chi connectivity index (χ1v) is 7.08. The molecule has 4 heteroatoms. The van der Waals surface area contributed by atoms with Gasteiger partial charge in [-0.05, 0) is 36.5 Å². The molecule has 0 aromatic heterocycles. The van der Waals surface area contributed by atoms with Crippen LogP contribution in [0.4, 0.5) is 0 Å². The fraction of sp³-hybridized carbons (Fsp3) is 0.533. The van der Waals surface area contributed by atoms with Crippen molar-refractivity contribution in [2.75, 3.05) is 26.8 Å². The zero-order valence-electron chi connectivity index (χ0n) is 11.3. The monoisotopic (exact) mass is 281 g/mol. The van der Waals surface area contributed by atoms with Crippen LogP contribution in [0.1, 0.15) is 18.4 Å². The molecule has 1 heterocycles. The molecular formula is C15H20ClNO2. The molecule has 3 nitrogen and oxygen atoms in total.